The van der Waals surface area contributed by atoms with Gasteiger partial charge in [0.15, 0.2) is 0 Å². The van der Waals surface area contributed by atoms with Gasteiger partial charge in [0, 0.05) is 24.7 Å². The van der Waals surface area contributed by atoms with E-state index in [1.165, 1.54) is 51.6 Å². The number of carbonyl (C=O) groups is 1. The molecule has 4 nitrogen and oxygen atoms in total. The molecule has 0 radical (unpaired) electrons. The third kappa shape index (κ3) is 4.21. The number of amides is 1. The molecule has 2 saturated heterocycles. The highest BCUT2D eigenvalue weighted by Gasteiger charge is 2.46. The molecule has 1 unspecified atom stereocenters. The molecule has 3 atom stereocenters. The van der Waals surface area contributed by atoms with Gasteiger partial charge in [-0.15, -0.1) is 0 Å². The quantitative estimate of drug-likeness (QED) is 0.790. The molecular formula is C22H31Cl2N3O. The molecule has 154 valence electrons. The lowest BCUT2D eigenvalue weighted by atomic mass is 9.74. The number of likely N-dealkylation sites (tertiary alicyclic amines) is 1. The molecule has 1 aromatic carbocycles. The van der Waals surface area contributed by atoms with Crippen LogP contribution in [0.4, 0.5) is 0 Å². The van der Waals surface area contributed by atoms with Gasteiger partial charge in [0.25, 0.3) is 0 Å². The van der Waals surface area contributed by atoms with Crippen LogP contribution in [0, 0.1) is 0 Å². The average molecular weight is 424 g/mol. The number of hydrogen-bond donors (Lipinski definition) is 1. The summed E-state index contributed by atoms with van der Waals surface area (Å²) in [6, 6.07) is 6.25. The molecule has 1 aromatic rings. The van der Waals surface area contributed by atoms with Crippen LogP contribution in [-0.4, -0.2) is 60.0 Å². The molecular weight excluding hydrogens is 393 g/mol. The van der Waals surface area contributed by atoms with Gasteiger partial charge in [0.05, 0.1) is 16.5 Å². The zero-order valence-electron chi connectivity index (χ0n) is 16.7. The smallest absolute Gasteiger partial charge is 0.227 e. The third-order valence-electron chi connectivity index (χ3n) is 7.13. The van der Waals surface area contributed by atoms with Crippen molar-refractivity contribution < 1.29 is 4.79 Å². The first-order valence-electron chi connectivity index (χ1n) is 10.7. The van der Waals surface area contributed by atoms with E-state index in [0.717, 1.165) is 18.5 Å². The number of nitrogens with one attached hydrogen (secondary N) is 1. The first-order chi connectivity index (χ1) is 13.5. The molecule has 0 aromatic heterocycles. The van der Waals surface area contributed by atoms with E-state index in [1.54, 1.807) is 6.07 Å². The van der Waals surface area contributed by atoms with Crippen molar-refractivity contribution in [3.63, 3.8) is 0 Å². The Kier molecular flexibility index (Phi) is 6.22. The van der Waals surface area contributed by atoms with Gasteiger partial charge in [0.2, 0.25) is 5.91 Å². The predicted molar refractivity (Wildman–Crippen MR) is 115 cm³/mol. The highest BCUT2D eigenvalue weighted by molar-refractivity contribution is 6.42. The van der Waals surface area contributed by atoms with Crippen molar-refractivity contribution in [3.8, 4) is 0 Å². The lowest BCUT2D eigenvalue weighted by Gasteiger charge is -2.49. The summed E-state index contributed by atoms with van der Waals surface area (Å²) in [6.07, 6.45) is 8.92. The van der Waals surface area contributed by atoms with Crippen LogP contribution >= 0.6 is 23.2 Å². The molecule has 4 rings (SSSR count). The zero-order chi connectivity index (χ0) is 19.7. The van der Waals surface area contributed by atoms with Gasteiger partial charge in [-0.1, -0.05) is 29.3 Å². The second-order valence-corrected chi connectivity index (χ2v) is 9.68. The molecule has 0 bridgehead atoms. The lowest BCUT2D eigenvalue weighted by Crippen LogP contribution is -2.60. The number of nitrogens with zero attached hydrogens (tertiary/aromatic N) is 2. The highest BCUT2D eigenvalue weighted by Crippen LogP contribution is 2.39. The Morgan fingerprint density at radius 2 is 2.00 bits per heavy atom. The van der Waals surface area contributed by atoms with Gasteiger partial charge in [-0.25, -0.2) is 0 Å². The van der Waals surface area contributed by atoms with Crippen molar-refractivity contribution in [2.75, 3.05) is 26.7 Å². The summed E-state index contributed by atoms with van der Waals surface area (Å²) in [7, 11) is 2.00. The molecule has 1 aliphatic carbocycles. The zero-order valence-corrected chi connectivity index (χ0v) is 18.2. The van der Waals surface area contributed by atoms with Crippen molar-refractivity contribution >= 4 is 29.1 Å². The standard InChI is InChI=1S/C22H31Cl2N3O/c1-26(21(28)14-16-5-6-17(23)18(24)13-16)20-15-22(8-4-10-25-22)9-7-19(20)27-11-2-3-12-27/h5-6,13,19-20,25H,2-4,7-12,14-15H2,1H3/t19-,20-,22?/m0/s1. The Bertz CT molecular complexity index is 714. The third-order valence-corrected chi connectivity index (χ3v) is 7.87. The van der Waals surface area contributed by atoms with Gasteiger partial charge in [-0.3, -0.25) is 9.69 Å². The Morgan fingerprint density at radius 1 is 1.21 bits per heavy atom. The van der Waals surface area contributed by atoms with Crippen LogP contribution in [0.25, 0.3) is 0 Å². The molecule has 1 saturated carbocycles. The topological polar surface area (TPSA) is 35.6 Å². The number of rotatable bonds is 4. The second-order valence-electron chi connectivity index (χ2n) is 8.86. The fraction of sp³-hybridized carbons (Fsp3) is 0.682. The Hall–Kier alpha value is -0.810. The van der Waals surface area contributed by atoms with Gasteiger partial charge in [-0.2, -0.15) is 0 Å². The minimum atomic E-state index is 0.169. The molecule has 28 heavy (non-hydrogen) atoms. The van der Waals surface area contributed by atoms with Crippen LogP contribution in [0.1, 0.15) is 50.5 Å². The van der Waals surface area contributed by atoms with Crippen molar-refractivity contribution in [3.05, 3.63) is 33.8 Å². The van der Waals surface area contributed by atoms with Crippen LogP contribution < -0.4 is 5.32 Å². The maximum atomic E-state index is 13.2. The number of benzene rings is 1. The first kappa shape index (κ1) is 20.5. The van der Waals surface area contributed by atoms with E-state index in [1.807, 2.05) is 24.1 Å². The fourth-order valence-electron chi connectivity index (χ4n) is 5.54. The van der Waals surface area contributed by atoms with Gasteiger partial charge in [-0.05, 0) is 82.3 Å². The number of likely N-dealkylation sites (N-methyl/N-ethyl adjacent to an activating group) is 1. The molecule has 1 N–H and O–H groups in total. The fourth-order valence-corrected chi connectivity index (χ4v) is 5.86. The molecule has 2 heterocycles. The summed E-state index contributed by atoms with van der Waals surface area (Å²) in [6.45, 7) is 3.47. The monoisotopic (exact) mass is 423 g/mol. The maximum Gasteiger partial charge on any atom is 0.227 e. The molecule has 2 aliphatic heterocycles. The number of carbonyl (C=O) groups excluding carboxylic acids is 1. The van der Waals surface area contributed by atoms with Crippen LogP contribution in [0.3, 0.4) is 0 Å². The number of halogens is 2. The van der Waals surface area contributed by atoms with Crippen LogP contribution in [0.15, 0.2) is 18.2 Å². The maximum absolute atomic E-state index is 13.2. The van der Waals surface area contributed by atoms with Crippen molar-refractivity contribution in [2.45, 2.75) is 69.0 Å². The van der Waals surface area contributed by atoms with Gasteiger partial charge >= 0.3 is 0 Å². The Balaban J connectivity index is 1.50. The average Bonchev–Trinajstić information content (AvgIpc) is 3.37. The Morgan fingerprint density at radius 3 is 2.68 bits per heavy atom. The largest absolute Gasteiger partial charge is 0.341 e. The van der Waals surface area contributed by atoms with Crippen LogP contribution in [0.2, 0.25) is 10.0 Å². The van der Waals surface area contributed by atoms with E-state index >= 15 is 0 Å². The van der Waals surface area contributed by atoms with E-state index in [2.05, 4.69) is 10.2 Å². The number of hydrogen-bond acceptors (Lipinski definition) is 3. The summed E-state index contributed by atoms with van der Waals surface area (Å²) in [5.74, 6) is 0.169. The lowest BCUT2D eigenvalue weighted by molar-refractivity contribution is -0.134. The van der Waals surface area contributed by atoms with Crippen molar-refractivity contribution in [1.82, 2.24) is 15.1 Å². The van der Waals surface area contributed by atoms with Crippen molar-refractivity contribution in [2.24, 2.45) is 0 Å². The molecule has 3 aliphatic rings. The summed E-state index contributed by atoms with van der Waals surface area (Å²) < 4.78 is 0. The van der Waals surface area contributed by atoms with E-state index in [9.17, 15) is 4.79 Å². The highest BCUT2D eigenvalue weighted by atomic mass is 35.5. The summed E-state index contributed by atoms with van der Waals surface area (Å²) in [4.78, 5) is 17.9. The molecule has 3 fully saturated rings. The van der Waals surface area contributed by atoms with E-state index < -0.39 is 0 Å². The minimum absolute atomic E-state index is 0.169. The van der Waals surface area contributed by atoms with E-state index in [4.69, 9.17) is 23.2 Å². The Labute approximate surface area is 178 Å². The molecule has 1 spiro atoms. The summed E-state index contributed by atoms with van der Waals surface area (Å²) in [5, 5.41) is 4.82. The molecule has 1 amide bonds. The van der Waals surface area contributed by atoms with Crippen molar-refractivity contribution in [1.29, 1.82) is 0 Å². The summed E-state index contributed by atoms with van der Waals surface area (Å²) >= 11 is 12.2. The van der Waals surface area contributed by atoms with Gasteiger partial charge < -0.3 is 10.2 Å². The van der Waals surface area contributed by atoms with Crippen LogP contribution in [-0.2, 0) is 11.2 Å². The molecule has 6 heteroatoms. The minimum Gasteiger partial charge on any atom is -0.341 e. The van der Waals surface area contributed by atoms with E-state index in [-0.39, 0.29) is 17.5 Å². The normalized spacial score (nSPS) is 30.8. The SMILES string of the molecule is CN(C(=O)Cc1ccc(Cl)c(Cl)c1)[C@H]1CC2(CCCN2)CC[C@@H]1N1CCCC1. The summed E-state index contributed by atoms with van der Waals surface area (Å²) in [5.41, 5.74) is 1.16. The van der Waals surface area contributed by atoms with Crippen LogP contribution in [0.5, 0.6) is 0 Å². The van der Waals surface area contributed by atoms with Gasteiger partial charge in [0.1, 0.15) is 0 Å². The van der Waals surface area contributed by atoms with E-state index in [0.29, 0.717) is 22.5 Å². The second kappa shape index (κ2) is 8.51. The predicted octanol–water partition coefficient (Wildman–Crippen LogP) is 4.13. The first-order valence-corrected chi connectivity index (χ1v) is 11.4.